The van der Waals surface area contributed by atoms with Crippen molar-refractivity contribution in [3.8, 4) is 11.3 Å². The Bertz CT molecular complexity index is 1080. The van der Waals surface area contributed by atoms with E-state index in [0.29, 0.717) is 12.2 Å². The summed E-state index contributed by atoms with van der Waals surface area (Å²) in [4.78, 5) is 20.8. The van der Waals surface area contributed by atoms with Crippen LogP contribution in [0.25, 0.3) is 11.3 Å². The van der Waals surface area contributed by atoms with Gasteiger partial charge < -0.3 is 10.6 Å². The molecule has 1 aromatic heterocycles. The Kier molecular flexibility index (Phi) is 5.58. The molecule has 4 aromatic rings. The van der Waals surface area contributed by atoms with E-state index in [0.717, 1.165) is 28.2 Å². The second kappa shape index (κ2) is 8.80. The zero-order valence-electron chi connectivity index (χ0n) is 15.7. The van der Waals surface area contributed by atoms with Gasteiger partial charge in [-0.3, -0.25) is 4.79 Å². The molecule has 4 rings (SSSR count). The molecule has 0 saturated heterocycles. The first-order chi connectivity index (χ1) is 14.3. The maximum Gasteiger partial charge on any atom is 0.228 e. The number of aromatic nitrogens is 2. The van der Waals surface area contributed by atoms with E-state index in [4.69, 9.17) is 0 Å². The fourth-order valence-corrected chi connectivity index (χ4v) is 2.96. The monoisotopic (exact) mass is 380 g/mol. The van der Waals surface area contributed by atoms with Crippen LogP contribution in [0.4, 0.5) is 17.2 Å². The molecule has 1 heterocycles. The molecule has 0 aliphatic carbocycles. The lowest BCUT2D eigenvalue weighted by molar-refractivity contribution is -0.115. The number of benzene rings is 3. The SMILES string of the molecule is O=C(Cc1ccccc1)Nc1ccc(Nc2cc(-c3ccccc3)ncn2)cc1. The lowest BCUT2D eigenvalue weighted by Gasteiger charge is -2.09. The summed E-state index contributed by atoms with van der Waals surface area (Å²) in [6.45, 7) is 0. The molecule has 0 radical (unpaired) electrons. The van der Waals surface area contributed by atoms with E-state index in [1.807, 2.05) is 91.0 Å². The molecule has 142 valence electrons. The standard InChI is InChI=1S/C24H20N4O/c29-24(15-18-7-3-1-4-8-18)28-21-13-11-20(12-14-21)27-23-16-22(25-17-26-23)19-9-5-2-6-10-19/h1-14,16-17H,15H2,(H,28,29)(H,25,26,27). The molecule has 2 N–H and O–H groups in total. The Morgan fingerprint density at radius 3 is 2.14 bits per heavy atom. The molecule has 0 bridgehead atoms. The lowest BCUT2D eigenvalue weighted by Crippen LogP contribution is -2.14. The van der Waals surface area contributed by atoms with Crippen LogP contribution in [-0.2, 0) is 11.2 Å². The van der Waals surface area contributed by atoms with Crippen molar-refractivity contribution >= 4 is 23.1 Å². The number of hydrogen-bond acceptors (Lipinski definition) is 4. The topological polar surface area (TPSA) is 66.9 Å². The van der Waals surface area contributed by atoms with Gasteiger partial charge in [0.2, 0.25) is 5.91 Å². The first-order valence-electron chi connectivity index (χ1n) is 9.34. The highest BCUT2D eigenvalue weighted by atomic mass is 16.1. The van der Waals surface area contributed by atoms with Crippen molar-refractivity contribution in [2.45, 2.75) is 6.42 Å². The lowest BCUT2D eigenvalue weighted by atomic mass is 10.1. The molecular formula is C24H20N4O. The van der Waals surface area contributed by atoms with Gasteiger partial charge >= 0.3 is 0 Å². The number of anilines is 3. The van der Waals surface area contributed by atoms with E-state index in [2.05, 4.69) is 20.6 Å². The van der Waals surface area contributed by atoms with Crippen molar-refractivity contribution in [3.05, 3.63) is 103 Å². The fourth-order valence-electron chi connectivity index (χ4n) is 2.96. The Morgan fingerprint density at radius 1 is 0.759 bits per heavy atom. The third kappa shape index (κ3) is 5.05. The predicted octanol–water partition coefficient (Wildman–Crippen LogP) is 5.07. The third-order valence-corrected chi connectivity index (χ3v) is 4.39. The summed E-state index contributed by atoms with van der Waals surface area (Å²) >= 11 is 0. The Hall–Kier alpha value is -3.99. The van der Waals surface area contributed by atoms with Gasteiger partial charge in [-0.25, -0.2) is 9.97 Å². The molecule has 0 aliphatic heterocycles. The van der Waals surface area contributed by atoms with Gasteiger partial charge in [0, 0.05) is 23.0 Å². The fraction of sp³-hybridized carbons (Fsp3) is 0.0417. The van der Waals surface area contributed by atoms with Crippen LogP contribution in [0.2, 0.25) is 0 Å². The highest BCUT2D eigenvalue weighted by Crippen LogP contribution is 2.22. The van der Waals surface area contributed by atoms with Crippen LogP contribution in [0.15, 0.2) is 97.3 Å². The molecule has 0 atom stereocenters. The molecule has 5 nitrogen and oxygen atoms in total. The summed E-state index contributed by atoms with van der Waals surface area (Å²) in [7, 11) is 0. The Labute approximate surface area is 169 Å². The number of carbonyl (C=O) groups is 1. The summed E-state index contributed by atoms with van der Waals surface area (Å²) in [6.07, 6.45) is 1.90. The van der Waals surface area contributed by atoms with Crippen LogP contribution < -0.4 is 10.6 Å². The van der Waals surface area contributed by atoms with Crippen molar-refractivity contribution in [1.82, 2.24) is 9.97 Å². The van der Waals surface area contributed by atoms with Crippen LogP contribution in [0.3, 0.4) is 0 Å². The quantitative estimate of drug-likeness (QED) is 0.490. The molecule has 5 heteroatoms. The van der Waals surface area contributed by atoms with Crippen molar-refractivity contribution in [2.75, 3.05) is 10.6 Å². The van der Waals surface area contributed by atoms with Crippen molar-refractivity contribution in [3.63, 3.8) is 0 Å². The third-order valence-electron chi connectivity index (χ3n) is 4.39. The molecule has 0 aliphatic rings. The van der Waals surface area contributed by atoms with Gasteiger partial charge in [0.1, 0.15) is 12.1 Å². The normalized spacial score (nSPS) is 10.3. The average molecular weight is 380 g/mol. The minimum Gasteiger partial charge on any atom is -0.340 e. The number of nitrogens with zero attached hydrogens (tertiary/aromatic N) is 2. The summed E-state index contributed by atoms with van der Waals surface area (Å²) in [5, 5.41) is 6.19. The molecule has 3 aromatic carbocycles. The number of carbonyl (C=O) groups excluding carboxylic acids is 1. The summed E-state index contributed by atoms with van der Waals surface area (Å²) in [5.74, 6) is 0.667. The van der Waals surface area contributed by atoms with Crippen molar-refractivity contribution < 1.29 is 4.79 Å². The van der Waals surface area contributed by atoms with Gasteiger partial charge in [-0.1, -0.05) is 60.7 Å². The Balaban J connectivity index is 1.39. The first-order valence-corrected chi connectivity index (χ1v) is 9.34. The van der Waals surface area contributed by atoms with Gasteiger partial charge in [-0.2, -0.15) is 0 Å². The van der Waals surface area contributed by atoms with Crippen molar-refractivity contribution in [2.24, 2.45) is 0 Å². The zero-order valence-corrected chi connectivity index (χ0v) is 15.7. The van der Waals surface area contributed by atoms with E-state index in [1.165, 1.54) is 0 Å². The molecular weight excluding hydrogens is 360 g/mol. The van der Waals surface area contributed by atoms with E-state index in [9.17, 15) is 4.79 Å². The minimum atomic E-state index is -0.0415. The number of amides is 1. The molecule has 0 spiro atoms. The number of rotatable bonds is 6. The van der Waals surface area contributed by atoms with Gasteiger partial charge in [-0.05, 0) is 29.8 Å². The Morgan fingerprint density at radius 2 is 1.41 bits per heavy atom. The average Bonchev–Trinajstić information content (AvgIpc) is 2.77. The molecule has 0 fully saturated rings. The molecule has 0 unspecified atom stereocenters. The maximum absolute atomic E-state index is 12.2. The van der Waals surface area contributed by atoms with Gasteiger partial charge in [0.05, 0.1) is 12.1 Å². The summed E-state index contributed by atoms with van der Waals surface area (Å²) in [6, 6.07) is 29.1. The molecule has 1 amide bonds. The van der Waals surface area contributed by atoms with E-state index >= 15 is 0 Å². The number of hydrogen-bond donors (Lipinski definition) is 2. The first kappa shape index (κ1) is 18.4. The van der Waals surface area contributed by atoms with Crippen LogP contribution in [0.1, 0.15) is 5.56 Å². The second-order valence-corrected chi connectivity index (χ2v) is 6.57. The minimum absolute atomic E-state index is 0.0415. The molecule has 29 heavy (non-hydrogen) atoms. The summed E-state index contributed by atoms with van der Waals surface area (Å²) in [5.41, 5.74) is 4.51. The van der Waals surface area contributed by atoms with Gasteiger partial charge in [-0.15, -0.1) is 0 Å². The second-order valence-electron chi connectivity index (χ2n) is 6.57. The van der Waals surface area contributed by atoms with Crippen molar-refractivity contribution in [1.29, 1.82) is 0 Å². The highest BCUT2D eigenvalue weighted by molar-refractivity contribution is 5.92. The van der Waals surface area contributed by atoms with E-state index < -0.39 is 0 Å². The summed E-state index contributed by atoms with van der Waals surface area (Å²) < 4.78 is 0. The zero-order chi connectivity index (χ0) is 19.9. The van der Waals surface area contributed by atoms with Gasteiger partial charge in [0.25, 0.3) is 0 Å². The highest BCUT2D eigenvalue weighted by Gasteiger charge is 2.05. The van der Waals surface area contributed by atoms with Crippen LogP contribution in [-0.4, -0.2) is 15.9 Å². The van der Waals surface area contributed by atoms with Crippen LogP contribution >= 0.6 is 0 Å². The molecule has 0 saturated carbocycles. The van der Waals surface area contributed by atoms with Crippen LogP contribution in [0.5, 0.6) is 0 Å². The van der Waals surface area contributed by atoms with E-state index in [-0.39, 0.29) is 5.91 Å². The number of nitrogens with one attached hydrogen (secondary N) is 2. The largest absolute Gasteiger partial charge is 0.340 e. The smallest absolute Gasteiger partial charge is 0.228 e. The van der Waals surface area contributed by atoms with E-state index in [1.54, 1.807) is 6.33 Å². The maximum atomic E-state index is 12.2. The van der Waals surface area contributed by atoms with Crippen LogP contribution in [0, 0.1) is 0 Å². The van der Waals surface area contributed by atoms with Gasteiger partial charge in [0.15, 0.2) is 0 Å². The predicted molar refractivity (Wildman–Crippen MR) is 116 cm³/mol.